The molecular weight excluding hydrogens is 247 g/mol. The van der Waals surface area contributed by atoms with E-state index in [0.29, 0.717) is 10.2 Å². The summed E-state index contributed by atoms with van der Waals surface area (Å²) in [5.74, 6) is -0.988. The zero-order valence-corrected chi connectivity index (χ0v) is 10.6. The van der Waals surface area contributed by atoms with Gasteiger partial charge in [-0.15, -0.1) is 0 Å². The van der Waals surface area contributed by atoms with Gasteiger partial charge in [0.15, 0.2) is 0 Å². The minimum atomic E-state index is -4.58. The van der Waals surface area contributed by atoms with Crippen molar-refractivity contribution < 1.29 is 22.7 Å². The SMILES string of the molecule is COC(=O)c1cc([N+](C)(C)C)ccc1C(F)(F)F. The van der Waals surface area contributed by atoms with E-state index in [1.54, 1.807) is 21.1 Å². The number of ether oxygens (including phenoxy) is 1. The summed E-state index contributed by atoms with van der Waals surface area (Å²) in [6.07, 6.45) is -4.58. The van der Waals surface area contributed by atoms with Crippen LogP contribution in [0.5, 0.6) is 0 Å². The molecule has 1 rings (SSSR count). The van der Waals surface area contributed by atoms with Crippen LogP contribution in [0.2, 0.25) is 0 Å². The smallest absolute Gasteiger partial charge is 0.417 e. The van der Waals surface area contributed by atoms with Gasteiger partial charge in [-0.3, -0.25) is 4.48 Å². The summed E-state index contributed by atoms with van der Waals surface area (Å²) >= 11 is 0. The first-order valence-electron chi connectivity index (χ1n) is 5.19. The average Bonchev–Trinajstić information content (AvgIpc) is 2.24. The molecule has 1 aromatic rings. The van der Waals surface area contributed by atoms with Crippen molar-refractivity contribution in [3.05, 3.63) is 29.3 Å². The number of methoxy groups -OCH3 is 1. The van der Waals surface area contributed by atoms with Crippen LogP contribution in [0.4, 0.5) is 18.9 Å². The Morgan fingerprint density at radius 3 is 2.17 bits per heavy atom. The van der Waals surface area contributed by atoms with E-state index in [2.05, 4.69) is 4.74 Å². The van der Waals surface area contributed by atoms with Crippen molar-refractivity contribution in [3.63, 3.8) is 0 Å². The minimum Gasteiger partial charge on any atom is -0.465 e. The van der Waals surface area contributed by atoms with E-state index in [-0.39, 0.29) is 0 Å². The Bertz CT molecular complexity index is 461. The molecule has 0 amide bonds. The fraction of sp³-hybridized carbons (Fsp3) is 0.417. The lowest BCUT2D eigenvalue weighted by Gasteiger charge is -2.24. The standard InChI is InChI=1S/C12H15F3NO2/c1-16(2,3)8-5-6-10(12(13,14)15)9(7-8)11(17)18-4/h5-7H,1-4H3/q+1. The van der Waals surface area contributed by atoms with Gasteiger partial charge < -0.3 is 4.74 Å². The number of halogens is 3. The normalized spacial score (nSPS) is 12.4. The molecule has 3 nitrogen and oxygen atoms in total. The van der Waals surface area contributed by atoms with Crippen molar-refractivity contribution in [3.8, 4) is 0 Å². The second-order valence-corrected chi connectivity index (χ2v) is 4.73. The first-order chi connectivity index (χ1) is 8.07. The van der Waals surface area contributed by atoms with E-state index in [1.165, 1.54) is 12.1 Å². The van der Waals surface area contributed by atoms with E-state index in [9.17, 15) is 18.0 Å². The second kappa shape index (κ2) is 4.61. The lowest BCUT2D eigenvalue weighted by molar-refractivity contribution is -0.138. The zero-order valence-electron chi connectivity index (χ0n) is 10.6. The van der Waals surface area contributed by atoms with Crippen LogP contribution in [0.3, 0.4) is 0 Å². The Balaban J connectivity index is 3.44. The second-order valence-electron chi connectivity index (χ2n) is 4.73. The number of hydrogen-bond acceptors (Lipinski definition) is 2. The van der Waals surface area contributed by atoms with E-state index >= 15 is 0 Å². The Kier molecular flexibility index (Phi) is 3.71. The van der Waals surface area contributed by atoms with E-state index in [1.807, 2.05) is 0 Å². The van der Waals surface area contributed by atoms with Crippen LogP contribution in [0.25, 0.3) is 0 Å². The molecule has 0 bridgehead atoms. The highest BCUT2D eigenvalue weighted by Crippen LogP contribution is 2.34. The highest BCUT2D eigenvalue weighted by atomic mass is 19.4. The van der Waals surface area contributed by atoms with Crippen LogP contribution < -0.4 is 4.48 Å². The number of carbonyl (C=O) groups is 1. The molecule has 0 atom stereocenters. The number of esters is 1. The molecule has 0 N–H and O–H groups in total. The van der Waals surface area contributed by atoms with Gasteiger partial charge in [0, 0.05) is 6.07 Å². The molecule has 0 aliphatic heterocycles. The van der Waals surface area contributed by atoms with Crippen molar-refractivity contribution in [2.24, 2.45) is 0 Å². The van der Waals surface area contributed by atoms with Crippen molar-refractivity contribution >= 4 is 11.7 Å². The van der Waals surface area contributed by atoms with Crippen molar-refractivity contribution in [1.29, 1.82) is 0 Å². The maximum Gasteiger partial charge on any atom is 0.417 e. The number of alkyl halides is 3. The van der Waals surface area contributed by atoms with E-state index in [0.717, 1.165) is 13.2 Å². The lowest BCUT2D eigenvalue weighted by Crippen LogP contribution is -2.35. The number of nitrogens with zero attached hydrogens (tertiary/aromatic N) is 1. The Hall–Kier alpha value is -1.56. The summed E-state index contributed by atoms with van der Waals surface area (Å²) in [4.78, 5) is 11.4. The summed E-state index contributed by atoms with van der Waals surface area (Å²) in [7, 11) is 6.44. The predicted molar refractivity (Wildman–Crippen MR) is 62.3 cm³/mol. The summed E-state index contributed by atoms with van der Waals surface area (Å²) in [6.45, 7) is 0. The van der Waals surface area contributed by atoms with E-state index in [4.69, 9.17) is 0 Å². The highest BCUT2D eigenvalue weighted by Gasteiger charge is 2.36. The zero-order chi connectivity index (χ0) is 14.1. The number of rotatable bonds is 2. The van der Waals surface area contributed by atoms with Crippen LogP contribution in [-0.4, -0.2) is 34.2 Å². The Morgan fingerprint density at radius 2 is 1.78 bits per heavy atom. The quantitative estimate of drug-likeness (QED) is 0.605. The molecular formula is C12H15F3NO2+. The van der Waals surface area contributed by atoms with Gasteiger partial charge >= 0.3 is 12.1 Å². The summed E-state index contributed by atoms with van der Waals surface area (Å²) in [5, 5.41) is 0. The number of quaternary nitrogens is 1. The summed E-state index contributed by atoms with van der Waals surface area (Å²) in [5.41, 5.74) is -0.856. The molecule has 0 saturated heterocycles. The van der Waals surface area contributed by atoms with Crippen molar-refractivity contribution in [2.75, 3.05) is 28.3 Å². The molecule has 0 aromatic heterocycles. The van der Waals surface area contributed by atoms with Crippen molar-refractivity contribution in [2.45, 2.75) is 6.18 Å². The van der Waals surface area contributed by atoms with E-state index < -0.39 is 23.3 Å². The summed E-state index contributed by atoms with van der Waals surface area (Å²) in [6, 6.07) is 3.48. The highest BCUT2D eigenvalue weighted by molar-refractivity contribution is 5.92. The summed E-state index contributed by atoms with van der Waals surface area (Å²) < 4.78 is 43.0. The molecule has 18 heavy (non-hydrogen) atoms. The molecule has 6 heteroatoms. The van der Waals surface area contributed by atoms with Crippen LogP contribution in [-0.2, 0) is 10.9 Å². The van der Waals surface area contributed by atoms with Crippen LogP contribution in [0.1, 0.15) is 15.9 Å². The van der Waals surface area contributed by atoms with Crippen LogP contribution >= 0.6 is 0 Å². The van der Waals surface area contributed by atoms with Gasteiger partial charge in [-0.1, -0.05) is 0 Å². The maximum atomic E-state index is 12.8. The number of hydrogen-bond donors (Lipinski definition) is 0. The molecule has 0 spiro atoms. The molecule has 0 saturated carbocycles. The molecule has 0 unspecified atom stereocenters. The van der Waals surface area contributed by atoms with Crippen LogP contribution in [0, 0.1) is 0 Å². The minimum absolute atomic E-state index is 0.308. The molecule has 0 aliphatic rings. The largest absolute Gasteiger partial charge is 0.465 e. The lowest BCUT2D eigenvalue weighted by atomic mass is 10.1. The third-order valence-electron chi connectivity index (χ3n) is 2.49. The molecule has 1 aromatic carbocycles. The number of benzene rings is 1. The molecule has 0 heterocycles. The third kappa shape index (κ3) is 3.01. The van der Waals surface area contributed by atoms with Gasteiger partial charge in [-0.05, 0) is 12.1 Å². The monoisotopic (exact) mass is 262 g/mol. The fourth-order valence-electron chi connectivity index (χ4n) is 1.48. The van der Waals surface area contributed by atoms with Gasteiger partial charge in [0.2, 0.25) is 0 Å². The molecule has 0 fully saturated rings. The predicted octanol–water partition coefficient (Wildman–Crippen LogP) is 2.69. The van der Waals surface area contributed by atoms with Gasteiger partial charge in [0.25, 0.3) is 0 Å². The number of carbonyl (C=O) groups excluding carboxylic acids is 1. The fourth-order valence-corrected chi connectivity index (χ4v) is 1.48. The first kappa shape index (κ1) is 14.5. The van der Waals surface area contributed by atoms with Gasteiger partial charge in [-0.2, -0.15) is 13.2 Å². The van der Waals surface area contributed by atoms with Gasteiger partial charge in [0.1, 0.15) is 5.69 Å². The molecule has 0 aliphatic carbocycles. The Labute approximate surface area is 103 Å². The van der Waals surface area contributed by atoms with Crippen LogP contribution in [0.15, 0.2) is 18.2 Å². The topological polar surface area (TPSA) is 26.3 Å². The first-order valence-corrected chi connectivity index (χ1v) is 5.19. The maximum absolute atomic E-state index is 12.8. The Morgan fingerprint density at radius 1 is 1.22 bits per heavy atom. The average molecular weight is 262 g/mol. The molecule has 100 valence electrons. The molecule has 0 radical (unpaired) electrons. The van der Waals surface area contributed by atoms with Gasteiger partial charge in [0.05, 0.1) is 39.4 Å². The van der Waals surface area contributed by atoms with Crippen molar-refractivity contribution in [1.82, 2.24) is 4.48 Å². The third-order valence-corrected chi connectivity index (χ3v) is 2.49. The van der Waals surface area contributed by atoms with Gasteiger partial charge in [-0.25, -0.2) is 4.79 Å².